The third-order valence-electron chi connectivity index (χ3n) is 6.33. The van der Waals surface area contributed by atoms with Gasteiger partial charge in [0.1, 0.15) is 5.71 Å². The van der Waals surface area contributed by atoms with Crippen molar-refractivity contribution < 1.29 is 23.9 Å². The van der Waals surface area contributed by atoms with E-state index < -0.39 is 5.97 Å². The number of morpholine rings is 1. The van der Waals surface area contributed by atoms with Gasteiger partial charge in [-0.15, -0.1) is 0 Å². The molecule has 9 nitrogen and oxygen atoms in total. The number of benzene rings is 3. The van der Waals surface area contributed by atoms with Crippen LogP contribution in [0.2, 0.25) is 5.02 Å². The van der Waals surface area contributed by atoms with E-state index in [1.807, 2.05) is 6.07 Å². The Morgan fingerprint density at radius 2 is 1.68 bits per heavy atom. The highest BCUT2D eigenvalue weighted by molar-refractivity contribution is 6.55. The van der Waals surface area contributed by atoms with Gasteiger partial charge >= 0.3 is 5.97 Å². The number of fused-ring (bicyclic) bond motifs is 1. The van der Waals surface area contributed by atoms with Crippen molar-refractivity contribution >= 4 is 52.2 Å². The van der Waals surface area contributed by atoms with E-state index in [1.165, 1.54) is 7.11 Å². The van der Waals surface area contributed by atoms with E-state index in [-0.39, 0.29) is 11.8 Å². The second-order valence-electron chi connectivity index (χ2n) is 8.80. The van der Waals surface area contributed by atoms with Gasteiger partial charge in [0.15, 0.2) is 0 Å². The molecule has 3 aromatic carbocycles. The van der Waals surface area contributed by atoms with Gasteiger partial charge in [-0.05, 0) is 66.7 Å². The Kier molecular flexibility index (Phi) is 7.50. The molecule has 0 aliphatic carbocycles. The summed E-state index contributed by atoms with van der Waals surface area (Å²) < 4.78 is 10.1. The fourth-order valence-corrected chi connectivity index (χ4v) is 4.48. The number of carbonyl (C=O) groups excluding carboxylic acids is 3. The van der Waals surface area contributed by atoms with Crippen LogP contribution in [0.4, 0.5) is 17.1 Å². The van der Waals surface area contributed by atoms with Gasteiger partial charge in [-0.1, -0.05) is 11.6 Å². The molecule has 1 fully saturated rings. The molecule has 0 aromatic heterocycles. The highest BCUT2D eigenvalue weighted by Crippen LogP contribution is 2.33. The lowest BCUT2D eigenvalue weighted by Gasteiger charge is -2.30. The molecule has 1 N–H and O–H groups in total. The van der Waals surface area contributed by atoms with Crippen LogP contribution < -0.4 is 10.2 Å². The molecule has 0 atom stereocenters. The Labute approximate surface area is 224 Å². The number of aliphatic imine (C=N–C) groups is 1. The van der Waals surface area contributed by atoms with Crippen molar-refractivity contribution in [2.24, 2.45) is 4.99 Å². The molecule has 5 rings (SSSR count). The zero-order valence-electron chi connectivity index (χ0n) is 20.6. The zero-order chi connectivity index (χ0) is 26.6. The molecular formula is C28H25ClN4O5. The Hall–Kier alpha value is -4.05. The summed E-state index contributed by atoms with van der Waals surface area (Å²) in [6.07, 6.45) is 0. The van der Waals surface area contributed by atoms with Gasteiger partial charge in [0.05, 0.1) is 43.9 Å². The molecule has 2 amide bonds. The molecule has 2 aliphatic rings. The van der Waals surface area contributed by atoms with E-state index in [0.717, 1.165) is 18.8 Å². The van der Waals surface area contributed by atoms with E-state index in [9.17, 15) is 14.4 Å². The van der Waals surface area contributed by atoms with Crippen LogP contribution in [0.25, 0.3) is 0 Å². The number of carbonyl (C=O) groups is 3. The minimum Gasteiger partial charge on any atom is -0.465 e. The van der Waals surface area contributed by atoms with Crippen molar-refractivity contribution in [3.8, 4) is 0 Å². The number of anilines is 2. The summed E-state index contributed by atoms with van der Waals surface area (Å²) in [5.74, 6) is -0.971. The average molecular weight is 533 g/mol. The predicted octanol–water partition coefficient (Wildman–Crippen LogP) is 4.14. The second kappa shape index (κ2) is 11.1. The summed E-state index contributed by atoms with van der Waals surface area (Å²) in [6.45, 7) is 3.20. The summed E-state index contributed by atoms with van der Waals surface area (Å²) in [7, 11) is 1.31. The van der Waals surface area contributed by atoms with Gasteiger partial charge in [0, 0.05) is 34.9 Å². The van der Waals surface area contributed by atoms with Gasteiger partial charge in [-0.25, -0.2) is 9.79 Å². The first-order valence-electron chi connectivity index (χ1n) is 12.0. The van der Waals surface area contributed by atoms with Crippen LogP contribution in [0.5, 0.6) is 0 Å². The molecule has 194 valence electrons. The number of nitrogens with zero attached hydrogens (tertiary/aromatic N) is 3. The van der Waals surface area contributed by atoms with Gasteiger partial charge in [0.2, 0.25) is 0 Å². The normalized spacial score (nSPS) is 16.4. The summed E-state index contributed by atoms with van der Waals surface area (Å²) >= 11 is 6.25. The molecule has 2 aliphatic heterocycles. The summed E-state index contributed by atoms with van der Waals surface area (Å²) in [5, 5.41) is 3.31. The van der Waals surface area contributed by atoms with E-state index >= 15 is 0 Å². The van der Waals surface area contributed by atoms with Gasteiger partial charge in [0.25, 0.3) is 11.8 Å². The molecular weight excluding hydrogens is 508 g/mol. The smallest absolute Gasteiger partial charge is 0.337 e. The first kappa shape index (κ1) is 25.6. The Bertz CT molecular complexity index is 1400. The number of rotatable bonds is 6. The second-order valence-corrected chi connectivity index (χ2v) is 9.23. The molecule has 2 heterocycles. The molecule has 0 unspecified atom stereocenters. The van der Waals surface area contributed by atoms with Gasteiger partial charge in [-0.3, -0.25) is 19.4 Å². The van der Waals surface area contributed by atoms with Crippen molar-refractivity contribution in [3.63, 3.8) is 0 Å². The van der Waals surface area contributed by atoms with Crippen molar-refractivity contribution in [3.05, 3.63) is 88.4 Å². The van der Waals surface area contributed by atoms with Crippen LogP contribution in [0.3, 0.4) is 0 Å². The fraction of sp³-hybridized carbons (Fsp3) is 0.214. The molecule has 0 bridgehead atoms. The molecule has 0 radical (unpaired) electrons. The van der Waals surface area contributed by atoms with Crippen LogP contribution in [0, 0.1) is 0 Å². The topological polar surface area (TPSA) is 101 Å². The molecule has 0 spiro atoms. The van der Waals surface area contributed by atoms with E-state index in [0.29, 0.717) is 58.7 Å². The summed E-state index contributed by atoms with van der Waals surface area (Å²) in [4.78, 5) is 46.2. The number of halogens is 1. The summed E-state index contributed by atoms with van der Waals surface area (Å²) in [6, 6.07) is 18.4. The lowest BCUT2D eigenvalue weighted by molar-refractivity contribution is -0.112. The molecule has 3 aromatic rings. The molecule has 0 saturated carbocycles. The van der Waals surface area contributed by atoms with Crippen LogP contribution in [-0.4, -0.2) is 68.5 Å². The van der Waals surface area contributed by atoms with E-state index in [1.54, 1.807) is 65.6 Å². The van der Waals surface area contributed by atoms with Crippen molar-refractivity contribution in [1.29, 1.82) is 0 Å². The Morgan fingerprint density at radius 3 is 2.37 bits per heavy atom. The number of hydrogen-bond acceptors (Lipinski definition) is 7. The first-order valence-corrected chi connectivity index (χ1v) is 12.4. The van der Waals surface area contributed by atoms with Gasteiger partial charge < -0.3 is 14.8 Å². The van der Waals surface area contributed by atoms with Crippen molar-refractivity contribution in [2.75, 3.05) is 50.3 Å². The maximum Gasteiger partial charge on any atom is 0.337 e. The standard InChI is InChI=1S/C28H25ClN4O5/c1-37-28(36)19-4-9-22(10-5-19)31-26(34)18-2-7-21(8-3-18)30-25-23-16-20(29)6-11-24(23)33(27(25)35)17-32-12-14-38-15-13-32/h2-11,16H,12-15,17H2,1H3,(H,31,34). The number of ether oxygens (including phenoxy) is 2. The fourth-order valence-electron chi connectivity index (χ4n) is 4.30. The molecule has 38 heavy (non-hydrogen) atoms. The highest BCUT2D eigenvalue weighted by atomic mass is 35.5. The Morgan fingerprint density at radius 1 is 1.00 bits per heavy atom. The van der Waals surface area contributed by atoms with Crippen LogP contribution in [0.15, 0.2) is 71.7 Å². The van der Waals surface area contributed by atoms with E-state index in [2.05, 4.69) is 19.9 Å². The SMILES string of the molecule is COC(=O)c1ccc(NC(=O)c2ccc(N=C3C(=O)N(CN4CCOCC4)c4ccc(Cl)cc43)cc2)cc1. The number of amides is 2. The van der Waals surface area contributed by atoms with Crippen LogP contribution in [0.1, 0.15) is 26.3 Å². The highest BCUT2D eigenvalue weighted by Gasteiger charge is 2.35. The van der Waals surface area contributed by atoms with E-state index in [4.69, 9.17) is 16.3 Å². The molecule has 10 heteroatoms. The van der Waals surface area contributed by atoms with Crippen molar-refractivity contribution in [1.82, 2.24) is 4.90 Å². The monoisotopic (exact) mass is 532 g/mol. The maximum absolute atomic E-state index is 13.4. The first-order chi connectivity index (χ1) is 18.4. The third-order valence-corrected chi connectivity index (χ3v) is 6.57. The molecule has 1 saturated heterocycles. The van der Waals surface area contributed by atoms with Crippen molar-refractivity contribution in [2.45, 2.75) is 0 Å². The maximum atomic E-state index is 13.4. The number of nitrogens with one attached hydrogen (secondary N) is 1. The lowest BCUT2D eigenvalue weighted by Crippen LogP contribution is -2.45. The minimum atomic E-state index is -0.449. The number of hydrogen-bond donors (Lipinski definition) is 1. The quantitative estimate of drug-likeness (QED) is 0.479. The summed E-state index contributed by atoms with van der Waals surface area (Å²) in [5.41, 5.74) is 3.62. The number of methoxy groups -OCH3 is 1. The van der Waals surface area contributed by atoms with Crippen LogP contribution in [-0.2, 0) is 14.3 Å². The zero-order valence-corrected chi connectivity index (χ0v) is 21.4. The minimum absolute atomic E-state index is 0.203. The average Bonchev–Trinajstić information content (AvgIpc) is 3.19. The Balaban J connectivity index is 1.33. The van der Waals surface area contributed by atoms with Crippen LogP contribution >= 0.6 is 11.6 Å². The van der Waals surface area contributed by atoms with Gasteiger partial charge in [-0.2, -0.15) is 0 Å². The predicted molar refractivity (Wildman–Crippen MR) is 145 cm³/mol. The number of esters is 1. The largest absolute Gasteiger partial charge is 0.465 e. The lowest BCUT2D eigenvalue weighted by atomic mass is 10.1. The third kappa shape index (κ3) is 5.45.